The fourth-order valence-corrected chi connectivity index (χ4v) is 1.63. The molecule has 0 aliphatic heterocycles. The Hall–Kier alpha value is -0.610. The Labute approximate surface area is 91.5 Å². The zero-order valence-corrected chi connectivity index (χ0v) is 9.71. The number of carbonyl (C=O) groups is 1. The van der Waals surface area contributed by atoms with E-state index in [4.69, 9.17) is 10.5 Å². The first kappa shape index (κ1) is 12.5. The normalized spacial score (nSPS) is 18.1. The van der Waals surface area contributed by atoms with Gasteiger partial charge in [-0.25, -0.2) is 0 Å². The third-order valence-corrected chi connectivity index (χ3v) is 2.49. The molecule has 0 aromatic heterocycles. The Kier molecular flexibility index (Phi) is 4.54. The highest BCUT2D eigenvalue weighted by molar-refractivity contribution is 5.77. The summed E-state index contributed by atoms with van der Waals surface area (Å²) in [5, 5.41) is 2.76. The summed E-state index contributed by atoms with van der Waals surface area (Å²) in [7, 11) is 0. The predicted molar refractivity (Wildman–Crippen MR) is 59.5 cm³/mol. The van der Waals surface area contributed by atoms with E-state index in [0.29, 0.717) is 12.6 Å². The lowest BCUT2D eigenvalue weighted by Crippen LogP contribution is -2.46. The van der Waals surface area contributed by atoms with Gasteiger partial charge >= 0.3 is 0 Å². The Bertz CT molecular complexity index is 205. The number of rotatable bonds is 5. The SMILES string of the molecule is CC(C)(N)CNC(=O)COC1CCCC1. The molecule has 0 atom stereocenters. The summed E-state index contributed by atoms with van der Waals surface area (Å²) in [5.74, 6) is -0.0691. The number of ether oxygens (including phenoxy) is 1. The molecule has 4 heteroatoms. The average molecular weight is 214 g/mol. The highest BCUT2D eigenvalue weighted by Gasteiger charge is 2.17. The van der Waals surface area contributed by atoms with E-state index in [1.807, 2.05) is 13.8 Å². The van der Waals surface area contributed by atoms with Gasteiger partial charge in [0.15, 0.2) is 0 Å². The van der Waals surface area contributed by atoms with Gasteiger partial charge in [0.05, 0.1) is 6.10 Å². The van der Waals surface area contributed by atoms with Gasteiger partial charge in [-0.05, 0) is 26.7 Å². The Morgan fingerprint density at radius 3 is 2.60 bits per heavy atom. The second kappa shape index (κ2) is 5.47. The summed E-state index contributed by atoms with van der Waals surface area (Å²) in [6.07, 6.45) is 4.93. The van der Waals surface area contributed by atoms with Crippen LogP contribution in [0.5, 0.6) is 0 Å². The summed E-state index contributed by atoms with van der Waals surface area (Å²) < 4.78 is 5.48. The van der Waals surface area contributed by atoms with Crippen LogP contribution in [0.1, 0.15) is 39.5 Å². The molecule has 3 N–H and O–H groups in total. The molecule has 0 unspecified atom stereocenters. The van der Waals surface area contributed by atoms with Crippen molar-refractivity contribution in [1.82, 2.24) is 5.32 Å². The largest absolute Gasteiger partial charge is 0.368 e. The van der Waals surface area contributed by atoms with Gasteiger partial charge < -0.3 is 15.8 Å². The molecule has 88 valence electrons. The molecular weight excluding hydrogens is 192 g/mol. The summed E-state index contributed by atoms with van der Waals surface area (Å²) in [5.41, 5.74) is 5.39. The fourth-order valence-electron chi connectivity index (χ4n) is 1.63. The smallest absolute Gasteiger partial charge is 0.246 e. The van der Waals surface area contributed by atoms with E-state index in [1.165, 1.54) is 12.8 Å². The van der Waals surface area contributed by atoms with Crippen molar-refractivity contribution >= 4 is 5.91 Å². The van der Waals surface area contributed by atoms with Crippen molar-refractivity contribution < 1.29 is 9.53 Å². The molecule has 0 spiro atoms. The maximum atomic E-state index is 11.4. The van der Waals surface area contributed by atoms with E-state index < -0.39 is 0 Å². The second-order valence-electron chi connectivity index (χ2n) is 4.98. The van der Waals surface area contributed by atoms with Crippen molar-refractivity contribution in [2.24, 2.45) is 5.73 Å². The molecule has 1 aliphatic carbocycles. The first-order chi connectivity index (χ1) is 6.97. The van der Waals surface area contributed by atoms with Gasteiger partial charge in [0.2, 0.25) is 5.91 Å². The second-order valence-corrected chi connectivity index (χ2v) is 4.98. The molecule has 0 saturated heterocycles. The number of hydrogen-bond donors (Lipinski definition) is 2. The van der Waals surface area contributed by atoms with Crippen LogP contribution in [0.25, 0.3) is 0 Å². The molecule has 1 rings (SSSR count). The molecule has 15 heavy (non-hydrogen) atoms. The fraction of sp³-hybridized carbons (Fsp3) is 0.909. The van der Waals surface area contributed by atoms with Gasteiger partial charge in [-0.15, -0.1) is 0 Å². The van der Waals surface area contributed by atoms with Crippen molar-refractivity contribution in [2.45, 2.75) is 51.2 Å². The van der Waals surface area contributed by atoms with E-state index in [9.17, 15) is 4.79 Å². The molecule has 1 saturated carbocycles. The molecule has 0 heterocycles. The molecule has 4 nitrogen and oxygen atoms in total. The van der Waals surface area contributed by atoms with Crippen molar-refractivity contribution in [3.8, 4) is 0 Å². The van der Waals surface area contributed by atoms with Crippen LogP contribution in [-0.4, -0.2) is 30.7 Å². The van der Waals surface area contributed by atoms with Crippen LogP contribution < -0.4 is 11.1 Å². The highest BCUT2D eigenvalue weighted by atomic mass is 16.5. The van der Waals surface area contributed by atoms with Gasteiger partial charge in [-0.2, -0.15) is 0 Å². The van der Waals surface area contributed by atoms with E-state index in [1.54, 1.807) is 0 Å². The maximum absolute atomic E-state index is 11.4. The standard InChI is InChI=1S/C11H22N2O2/c1-11(2,12)8-13-10(14)7-15-9-5-3-4-6-9/h9H,3-8,12H2,1-2H3,(H,13,14). The number of nitrogens with two attached hydrogens (primary N) is 1. The number of nitrogens with one attached hydrogen (secondary N) is 1. The lowest BCUT2D eigenvalue weighted by molar-refractivity contribution is -0.127. The van der Waals surface area contributed by atoms with Gasteiger partial charge in [0.25, 0.3) is 0 Å². The summed E-state index contributed by atoms with van der Waals surface area (Å²) in [6.45, 7) is 4.41. The van der Waals surface area contributed by atoms with E-state index in [-0.39, 0.29) is 18.1 Å². The first-order valence-corrected chi connectivity index (χ1v) is 5.64. The van der Waals surface area contributed by atoms with Crippen LogP contribution in [0.3, 0.4) is 0 Å². The predicted octanol–water partition coefficient (Wildman–Crippen LogP) is 0.799. The quantitative estimate of drug-likeness (QED) is 0.711. The molecule has 1 amide bonds. The van der Waals surface area contributed by atoms with E-state index >= 15 is 0 Å². The lowest BCUT2D eigenvalue weighted by Gasteiger charge is -2.19. The van der Waals surface area contributed by atoms with Crippen molar-refractivity contribution in [3.05, 3.63) is 0 Å². The van der Waals surface area contributed by atoms with Gasteiger partial charge in [-0.3, -0.25) is 4.79 Å². The van der Waals surface area contributed by atoms with Crippen molar-refractivity contribution in [1.29, 1.82) is 0 Å². The lowest BCUT2D eigenvalue weighted by atomic mass is 10.1. The zero-order chi connectivity index (χ0) is 11.3. The van der Waals surface area contributed by atoms with Crippen LogP contribution in [0.4, 0.5) is 0 Å². The summed E-state index contributed by atoms with van der Waals surface area (Å²) in [6, 6.07) is 0. The molecule has 1 fully saturated rings. The third-order valence-electron chi connectivity index (χ3n) is 2.49. The minimum atomic E-state index is -0.358. The molecule has 0 bridgehead atoms. The van der Waals surface area contributed by atoms with Crippen LogP contribution in [0.15, 0.2) is 0 Å². The minimum absolute atomic E-state index is 0.0691. The number of amides is 1. The van der Waals surface area contributed by atoms with E-state index in [0.717, 1.165) is 12.8 Å². The van der Waals surface area contributed by atoms with Gasteiger partial charge in [0.1, 0.15) is 6.61 Å². The van der Waals surface area contributed by atoms with E-state index in [2.05, 4.69) is 5.32 Å². The molecule has 0 radical (unpaired) electrons. The Morgan fingerprint density at radius 1 is 1.47 bits per heavy atom. The van der Waals surface area contributed by atoms with Crippen molar-refractivity contribution in [3.63, 3.8) is 0 Å². The number of hydrogen-bond acceptors (Lipinski definition) is 3. The molecule has 1 aliphatic rings. The highest BCUT2D eigenvalue weighted by Crippen LogP contribution is 2.20. The van der Waals surface area contributed by atoms with Crippen molar-refractivity contribution in [2.75, 3.05) is 13.2 Å². The topological polar surface area (TPSA) is 64.3 Å². The zero-order valence-electron chi connectivity index (χ0n) is 9.71. The Morgan fingerprint density at radius 2 is 2.07 bits per heavy atom. The summed E-state index contributed by atoms with van der Waals surface area (Å²) in [4.78, 5) is 11.4. The molecule has 0 aromatic carbocycles. The molecule has 0 aromatic rings. The van der Waals surface area contributed by atoms with Crippen LogP contribution in [0.2, 0.25) is 0 Å². The number of carbonyl (C=O) groups excluding carboxylic acids is 1. The van der Waals surface area contributed by atoms with Crippen LogP contribution >= 0.6 is 0 Å². The first-order valence-electron chi connectivity index (χ1n) is 5.64. The van der Waals surface area contributed by atoms with Crippen LogP contribution in [-0.2, 0) is 9.53 Å². The Balaban J connectivity index is 2.08. The maximum Gasteiger partial charge on any atom is 0.246 e. The van der Waals surface area contributed by atoms with Crippen LogP contribution in [0, 0.1) is 0 Å². The molecular formula is C11H22N2O2. The average Bonchev–Trinajstić information content (AvgIpc) is 2.62. The third kappa shape index (κ3) is 5.74. The van der Waals surface area contributed by atoms with Gasteiger partial charge in [-0.1, -0.05) is 12.8 Å². The minimum Gasteiger partial charge on any atom is -0.368 e. The monoisotopic (exact) mass is 214 g/mol. The summed E-state index contributed by atoms with van der Waals surface area (Å²) >= 11 is 0. The van der Waals surface area contributed by atoms with Gasteiger partial charge in [0, 0.05) is 12.1 Å².